The molecule has 0 unspecified atom stereocenters. The van der Waals surface area contributed by atoms with E-state index in [2.05, 4.69) is 0 Å². The molecule has 0 aliphatic heterocycles. The minimum atomic E-state index is -0.124. The molecule has 0 saturated heterocycles. The van der Waals surface area contributed by atoms with E-state index in [1.165, 1.54) is 0 Å². The van der Waals surface area contributed by atoms with Crippen LogP contribution in [0.2, 0.25) is 0 Å². The summed E-state index contributed by atoms with van der Waals surface area (Å²) in [7, 11) is 0. The van der Waals surface area contributed by atoms with Crippen molar-refractivity contribution < 1.29 is 33.9 Å². The number of hydrogen-bond donors (Lipinski definition) is 0. The lowest BCUT2D eigenvalue weighted by molar-refractivity contribution is -0.981. The number of unbranched alkanes of at least 4 members (excludes halogenated alkanes) is 2. The molecule has 0 radical (unpaired) electrons. The van der Waals surface area contributed by atoms with E-state index in [4.69, 9.17) is 9.68 Å². The minimum absolute atomic E-state index is 0.0755. The Balaban J connectivity index is 1.13. The maximum absolute atomic E-state index is 12.8. The molecule has 8 heteroatoms. The van der Waals surface area contributed by atoms with E-state index >= 15 is 0 Å². The largest absolute Gasteiger partial charge is 0.477 e. The van der Waals surface area contributed by atoms with Gasteiger partial charge in [-0.25, -0.2) is 0 Å². The van der Waals surface area contributed by atoms with Crippen LogP contribution in [0.4, 0.5) is 0 Å². The average Bonchev–Trinajstić information content (AvgIpc) is 2.93. The predicted molar refractivity (Wildman–Crippen MR) is 139 cm³/mol. The van der Waals surface area contributed by atoms with Gasteiger partial charge in [-0.15, -0.1) is 0 Å². The van der Waals surface area contributed by atoms with Crippen molar-refractivity contribution in [1.82, 2.24) is 0 Å². The number of allylic oxidation sites excluding steroid dienone is 4. The van der Waals surface area contributed by atoms with Crippen LogP contribution >= 0.6 is 0 Å². The lowest BCUT2D eigenvalue weighted by atomic mass is 9.83. The molecule has 38 heavy (non-hydrogen) atoms. The van der Waals surface area contributed by atoms with Crippen molar-refractivity contribution in [3.8, 4) is 0 Å². The standard InChI is InChI=1S/C30H30NO7/c1-19-21(29(34)25-15-5-3-13-23(25)27(19)32)11-7-9-17-37-31(36)38-18-10-8-12-22-20(2)28(33)24-14-4-6-16-26(24)30(22)35/h3-6,13-16H,7-12,17-18H2,1-2H3/q+1. The van der Waals surface area contributed by atoms with E-state index in [1.54, 1.807) is 62.4 Å². The third kappa shape index (κ3) is 5.54. The van der Waals surface area contributed by atoms with Gasteiger partial charge in [0.25, 0.3) is 0 Å². The molecule has 0 N–H and O–H groups in total. The van der Waals surface area contributed by atoms with Gasteiger partial charge in [0.1, 0.15) is 4.91 Å². The molecule has 2 aromatic carbocycles. The first-order valence-corrected chi connectivity index (χ1v) is 12.8. The van der Waals surface area contributed by atoms with Gasteiger partial charge in [0, 0.05) is 44.5 Å². The number of nitrogens with zero attached hydrogens (tertiary/aromatic N) is 1. The van der Waals surface area contributed by atoms with Crippen LogP contribution in [0.25, 0.3) is 0 Å². The van der Waals surface area contributed by atoms with Crippen LogP contribution in [-0.4, -0.2) is 41.4 Å². The maximum Gasteiger partial charge on any atom is 0.477 e. The van der Waals surface area contributed by atoms with Crippen LogP contribution in [0.5, 0.6) is 0 Å². The van der Waals surface area contributed by atoms with Crippen LogP contribution in [0.3, 0.4) is 0 Å². The fraction of sp³-hybridized carbons (Fsp3) is 0.333. The SMILES string of the molecule is CC1=C(CCCCO[N+](=O)OCCCCC2=C(C)C(=O)c3ccccc3C2=O)C(=O)c2ccccc2C1=O. The lowest BCUT2D eigenvalue weighted by Gasteiger charge is -2.18. The lowest BCUT2D eigenvalue weighted by Crippen LogP contribution is -2.21. The summed E-state index contributed by atoms with van der Waals surface area (Å²) in [5.41, 5.74) is 3.71. The van der Waals surface area contributed by atoms with Crippen molar-refractivity contribution in [2.45, 2.75) is 52.4 Å². The van der Waals surface area contributed by atoms with E-state index in [-0.39, 0.29) is 41.4 Å². The Labute approximate surface area is 220 Å². The number of fused-ring (bicyclic) bond motifs is 2. The Bertz CT molecular complexity index is 1280. The van der Waals surface area contributed by atoms with E-state index in [0.29, 0.717) is 83.1 Å². The monoisotopic (exact) mass is 516 g/mol. The summed E-state index contributed by atoms with van der Waals surface area (Å²) in [5.74, 6) is -0.494. The highest BCUT2D eigenvalue weighted by molar-refractivity contribution is 6.27. The molecule has 4 rings (SSSR count). The molecule has 0 spiro atoms. The molecule has 0 heterocycles. The smallest absolute Gasteiger partial charge is 0.289 e. The first kappa shape index (κ1) is 26.9. The molecule has 196 valence electrons. The molecule has 0 saturated carbocycles. The van der Waals surface area contributed by atoms with E-state index in [9.17, 15) is 24.1 Å². The second kappa shape index (κ2) is 11.9. The molecule has 2 aromatic rings. The summed E-state index contributed by atoms with van der Waals surface area (Å²) < 4.78 is 0. The molecule has 0 fully saturated rings. The van der Waals surface area contributed by atoms with Crippen molar-refractivity contribution in [2.24, 2.45) is 0 Å². The van der Waals surface area contributed by atoms with Gasteiger partial charge >= 0.3 is 5.09 Å². The number of rotatable bonds is 12. The summed E-state index contributed by atoms with van der Waals surface area (Å²) in [6.07, 6.45) is 3.02. The highest BCUT2D eigenvalue weighted by Crippen LogP contribution is 2.30. The summed E-state index contributed by atoms with van der Waals surface area (Å²) in [4.78, 5) is 72.5. The molecule has 0 amide bonds. The van der Waals surface area contributed by atoms with Gasteiger partial charge in [0.2, 0.25) is 0 Å². The van der Waals surface area contributed by atoms with Crippen molar-refractivity contribution in [3.63, 3.8) is 0 Å². The highest BCUT2D eigenvalue weighted by Gasteiger charge is 2.30. The van der Waals surface area contributed by atoms with Gasteiger partial charge in [-0.2, -0.15) is 9.68 Å². The summed E-state index contributed by atoms with van der Waals surface area (Å²) in [6.45, 7) is 3.56. The van der Waals surface area contributed by atoms with Crippen molar-refractivity contribution in [3.05, 3.63) is 98.0 Å². The normalized spacial score (nSPS) is 15.0. The Hall–Kier alpha value is -4.20. The molecule has 8 nitrogen and oxygen atoms in total. The topological polar surface area (TPSA) is 107 Å². The van der Waals surface area contributed by atoms with Crippen LogP contribution < -0.4 is 0 Å². The second-order valence-electron chi connectivity index (χ2n) is 9.42. The highest BCUT2D eigenvalue weighted by atomic mass is 17.0. The summed E-state index contributed by atoms with van der Waals surface area (Å²) >= 11 is 0. The first-order valence-electron chi connectivity index (χ1n) is 12.8. The third-order valence-corrected chi connectivity index (χ3v) is 7.00. The van der Waals surface area contributed by atoms with Gasteiger partial charge in [0.15, 0.2) is 36.3 Å². The van der Waals surface area contributed by atoms with Gasteiger partial charge in [-0.1, -0.05) is 48.5 Å². The van der Waals surface area contributed by atoms with Gasteiger partial charge < -0.3 is 0 Å². The average molecular weight is 517 g/mol. The molecule has 2 aliphatic rings. The quantitative estimate of drug-likeness (QED) is 0.261. The number of carbonyl (C=O) groups is 4. The summed E-state index contributed by atoms with van der Waals surface area (Å²) in [6, 6.07) is 13.6. The fourth-order valence-corrected chi connectivity index (χ4v) is 4.83. The van der Waals surface area contributed by atoms with Gasteiger partial charge in [0.05, 0.1) is 0 Å². The minimum Gasteiger partial charge on any atom is -0.289 e. The van der Waals surface area contributed by atoms with E-state index in [1.807, 2.05) is 0 Å². The van der Waals surface area contributed by atoms with Crippen LogP contribution in [0.15, 0.2) is 70.8 Å². The van der Waals surface area contributed by atoms with Gasteiger partial charge in [-0.05, 0) is 52.4 Å². The Morgan fingerprint density at radius 3 is 1.26 bits per heavy atom. The number of ketones is 4. The first-order chi connectivity index (χ1) is 18.3. The third-order valence-electron chi connectivity index (χ3n) is 7.00. The molecular weight excluding hydrogens is 486 g/mol. The van der Waals surface area contributed by atoms with Crippen LogP contribution in [0.1, 0.15) is 93.8 Å². The Morgan fingerprint density at radius 2 is 0.895 bits per heavy atom. The van der Waals surface area contributed by atoms with Gasteiger partial charge in [-0.3, -0.25) is 19.2 Å². The van der Waals surface area contributed by atoms with Crippen molar-refractivity contribution in [1.29, 1.82) is 0 Å². The number of benzene rings is 2. The van der Waals surface area contributed by atoms with E-state index in [0.717, 1.165) is 0 Å². The number of Topliss-reactive ketones (excluding diaryl/α,β-unsaturated/α-hetero) is 4. The summed E-state index contributed by atoms with van der Waals surface area (Å²) in [5, 5.41) is 0.0755. The fourth-order valence-electron chi connectivity index (χ4n) is 4.83. The Kier molecular flexibility index (Phi) is 8.41. The van der Waals surface area contributed by atoms with Crippen LogP contribution in [0, 0.1) is 4.91 Å². The van der Waals surface area contributed by atoms with E-state index < -0.39 is 0 Å². The zero-order valence-corrected chi connectivity index (χ0v) is 21.6. The number of hydrogen-bond acceptors (Lipinski definition) is 7. The predicted octanol–water partition coefficient (Wildman–Crippen LogP) is 5.76. The zero-order valence-electron chi connectivity index (χ0n) is 21.6. The molecular formula is C30H30NO7+. The van der Waals surface area contributed by atoms with Crippen LogP contribution in [-0.2, 0) is 9.68 Å². The molecule has 0 atom stereocenters. The second-order valence-corrected chi connectivity index (χ2v) is 9.42. The van der Waals surface area contributed by atoms with Crippen molar-refractivity contribution >= 4 is 23.1 Å². The Morgan fingerprint density at radius 1 is 0.553 bits per heavy atom. The zero-order chi connectivity index (χ0) is 27.2. The molecule has 2 aliphatic carbocycles. The molecule has 0 aromatic heterocycles. The molecule has 0 bridgehead atoms. The number of carbonyl (C=O) groups excluding carboxylic acids is 4. The van der Waals surface area contributed by atoms with Crippen molar-refractivity contribution in [2.75, 3.05) is 13.2 Å². The maximum atomic E-state index is 12.8.